The van der Waals surface area contributed by atoms with Gasteiger partial charge in [-0.2, -0.15) is 0 Å². The first-order valence-corrected chi connectivity index (χ1v) is 6.80. The normalized spacial score (nSPS) is 20.3. The smallest absolute Gasteiger partial charge is 0.405 e. The summed E-state index contributed by atoms with van der Waals surface area (Å²) in [6, 6.07) is 4.10. The lowest BCUT2D eigenvalue weighted by atomic mass is 9.78. The summed E-state index contributed by atoms with van der Waals surface area (Å²) in [5.74, 6) is -0.456. The fraction of sp³-hybridized carbons (Fsp3) is 0.571. The largest absolute Gasteiger partial charge is 0.573 e. The Morgan fingerprint density at radius 1 is 1.14 bits per heavy atom. The van der Waals surface area contributed by atoms with Gasteiger partial charge in [0.2, 0.25) is 0 Å². The van der Waals surface area contributed by atoms with E-state index in [0.29, 0.717) is 5.46 Å². The molecule has 8 heteroatoms. The number of alkyl halides is 3. The Morgan fingerprint density at radius 2 is 1.68 bits per heavy atom. The molecule has 0 amide bonds. The maximum absolute atomic E-state index is 12.4. The summed E-state index contributed by atoms with van der Waals surface area (Å²) < 4.78 is 52.9. The third kappa shape index (κ3) is 3.39. The molecule has 0 atom stereocenters. The van der Waals surface area contributed by atoms with Gasteiger partial charge in [0.25, 0.3) is 0 Å². The van der Waals surface area contributed by atoms with Crippen molar-refractivity contribution in [2.75, 3.05) is 0 Å². The lowest BCUT2D eigenvalue weighted by Gasteiger charge is -2.32. The molecule has 1 aliphatic heterocycles. The van der Waals surface area contributed by atoms with Gasteiger partial charge < -0.3 is 19.2 Å². The standard InChI is InChI=1S/C14H18BF3O4/c1-12(2)13(3,4)22-15(21-12)10-6-5-9(8-19)11(7-10)20-14(16,17)18/h5-7,19H,8H2,1-4H3. The molecule has 4 nitrogen and oxygen atoms in total. The van der Waals surface area contributed by atoms with Crippen LogP contribution in [0.25, 0.3) is 0 Å². The van der Waals surface area contributed by atoms with Crippen molar-refractivity contribution in [3.63, 3.8) is 0 Å². The number of rotatable bonds is 3. The quantitative estimate of drug-likeness (QED) is 0.870. The second kappa shape index (κ2) is 5.44. The minimum Gasteiger partial charge on any atom is -0.405 e. The van der Waals surface area contributed by atoms with Gasteiger partial charge in [-0.25, -0.2) is 0 Å². The van der Waals surface area contributed by atoms with E-state index >= 15 is 0 Å². The highest BCUT2D eigenvalue weighted by Crippen LogP contribution is 2.37. The number of aliphatic hydroxyl groups is 1. The number of benzene rings is 1. The zero-order chi connectivity index (χ0) is 16.8. The first-order chi connectivity index (χ1) is 9.95. The zero-order valence-electron chi connectivity index (χ0n) is 12.8. The second-order valence-electron chi connectivity index (χ2n) is 6.16. The average Bonchev–Trinajstić information content (AvgIpc) is 2.56. The van der Waals surface area contributed by atoms with Gasteiger partial charge >= 0.3 is 13.5 Å². The Kier molecular flexibility index (Phi) is 4.23. The van der Waals surface area contributed by atoms with Crippen LogP contribution in [0, 0.1) is 0 Å². The molecule has 1 N–H and O–H groups in total. The van der Waals surface area contributed by atoms with Gasteiger partial charge in [-0.15, -0.1) is 13.2 Å². The molecule has 0 aromatic heterocycles. The van der Waals surface area contributed by atoms with Gasteiger partial charge in [-0.1, -0.05) is 12.1 Å². The maximum Gasteiger partial charge on any atom is 0.573 e. The van der Waals surface area contributed by atoms with Crippen molar-refractivity contribution in [1.82, 2.24) is 0 Å². The summed E-state index contributed by atoms with van der Waals surface area (Å²) in [5, 5.41) is 9.13. The van der Waals surface area contributed by atoms with Gasteiger partial charge in [0, 0.05) is 5.56 Å². The average molecular weight is 318 g/mol. The van der Waals surface area contributed by atoms with Crippen LogP contribution in [0.3, 0.4) is 0 Å². The summed E-state index contributed by atoms with van der Waals surface area (Å²) >= 11 is 0. The van der Waals surface area contributed by atoms with Gasteiger partial charge in [-0.3, -0.25) is 0 Å². The van der Waals surface area contributed by atoms with E-state index in [0.717, 1.165) is 0 Å². The van der Waals surface area contributed by atoms with Crippen molar-refractivity contribution in [3.8, 4) is 5.75 Å². The maximum atomic E-state index is 12.4. The molecule has 0 bridgehead atoms. The number of aliphatic hydroxyl groups excluding tert-OH is 1. The van der Waals surface area contributed by atoms with Gasteiger partial charge in [0.15, 0.2) is 0 Å². The number of hydrogen-bond acceptors (Lipinski definition) is 4. The molecular formula is C14H18BF3O4. The predicted octanol–water partition coefficient (Wildman–Crippen LogP) is 2.38. The SMILES string of the molecule is CC1(C)OB(c2ccc(CO)c(OC(F)(F)F)c2)OC1(C)C. The van der Waals surface area contributed by atoms with Crippen LogP contribution >= 0.6 is 0 Å². The van der Waals surface area contributed by atoms with Crippen LogP contribution in [-0.2, 0) is 15.9 Å². The summed E-state index contributed by atoms with van der Waals surface area (Å²) in [5.41, 5.74) is -0.760. The van der Waals surface area contributed by atoms with Crippen molar-refractivity contribution in [1.29, 1.82) is 0 Å². The van der Waals surface area contributed by atoms with E-state index in [9.17, 15) is 13.2 Å². The summed E-state index contributed by atoms with van der Waals surface area (Å²) in [6.45, 7) is 6.84. The van der Waals surface area contributed by atoms with E-state index in [2.05, 4.69) is 4.74 Å². The fourth-order valence-corrected chi connectivity index (χ4v) is 2.05. The van der Waals surface area contributed by atoms with Crippen LogP contribution < -0.4 is 10.2 Å². The topological polar surface area (TPSA) is 47.9 Å². The molecule has 1 aromatic carbocycles. The first kappa shape index (κ1) is 17.1. The van der Waals surface area contributed by atoms with Crippen LogP contribution in [0.5, 0.6) is 5.75 Å². The van der Waals surface area contributed by atoms with Crippen molar-refractivity contribution in [3.05, 3.63) is 23.8 Å². The molecule has 0 saturated carbocycles. The predicted molar refractivity (Wildman–Crippen MR) is 74.8 cm³/mol. The van der Waals surface area contributed by atoms with E-state index < -0.39 is 37.0 Å². The molecule has 1 fully saturated rings. The molecule has 2 rings (SSSR count). The summed E-state index contributed by atoms with van der Waals surface area (Å²) in [7, 11) is -0.798. The molecular weight excluding hydrogens is 300 g/mol. The highest BCUT2D eigenvalue weighted by molar-refractivity contribution is 6.62. The Morgan fingerprint density at radius 3 is 2.14 bits per heavy atom. The van der Waals surface area contributed by atoms with Crippen molar-refractivity contribution < 1.29 is 32.3 Å². The molecule has 22 heavy (non-hydrogen) atoms. The monoisotopic (exact) mass is 318 g/mol. The van der Waals surface area contributed by atoms with Crippen LogP contribution in [0.1, 0.15) is 33.3 Å². The third-order valence-corrected chi connectivity index (χ3v) is 4.01. The lowest BCUT2D eigenvalue weighted by Crippen LogP contribution is -2.41. The Labute approximate surface area is 127 Å². The van der Waals surface area contributed by atoms with E-state index in [1.54, 1.807) is 6.07 Å². The molecule has 0 radical (unpaired) electrons. The number of hydrogen-bond donors (Lipinski definition) is 1. The molecule has 1 heterocycles. The number of halogens is 3. The molecule has 122 valence electrons. The molecule has 1 aliphatic rings. The molecule has 1 saturated heterocycles. The van der Waals surface area contributed by atoms with Crippen molar-refractivity contribution in [2.45, 2.75) is 51.9 Å². The van der Waals surface area contributed by atoms with Gasteiger partial charge in [0.05, 0.1) is 17.8 Å². The first-order valence-electron chi connectivity index (χ1n) is 6.80. The molecule has 1 aromatic rings. The minimum absolute atomic E-state index is 0.0394. The van der Waals surface area contributed by atoms with Gasteiger partial charge in [0.1, 0.15) is 5.75 Å². The lowest BCUT2D eigenvalue weighted by molar-refractivity contribution is -0.275. The molecule has 0 unspecified atom stereocenters. The van der Waals surface area contributed by atoms with E-state index in [-0.39, 0.29) is 5.56 Å². The van der Waals surface area contributed by atoms with Crippen molar-refractivity contribution in [2.24, 2.45) is 0 Å². The Balaban J connectivity index is 2.32. The van der Waals surface area contributed by atoms with Crippen LogP contribution in [0.4, 0.5) is 13.2 Å². The van der Waals surface area contributed by atoms with Crippen LogP contribution in [-0.4, -0.2) is 29.8 Å². The summed E-state index contributed by atoms with van der Waals surface area (Å²) in [4.78, 5) is 0. The summed E-state index contributed by atoms with van der Waals surface area (Å²) in [6.07, 6.45) is -4.83. The van der Waals surface area contributed by atoms with E-state index in [4.69, 9.17) is 14.4 Å². The van der Waals surface area contributed by atoms with Crippen molar-refractivity contribution >= 4 is 12.6 Å². The molecule has 0 spiro atoms. The Bertz CT molecular complexity index is 542. The Hall–Kier alpha value is -1.25. The zero-order valence-corrected chi connectivity index (χ0v) is 12.8. The highest BCUT2D eigenvalue weighted by atomic mass is 19.4. The number of ether oxygens (including phenoxy) is 1. The van der Waals surface area contributed by atoms with Crippen LogP contribution in [0.2, 0.25) is 0 Å². The van der Waals surface area contributed by atoms with E-state index in [1.165, 1.54) is 12.1 Å². The second-order valence-corrected chi connectivity index (χ2v) is 6.16. The van der Waals surface area contributed by atoms with Gasteiger partial charge in [-0.05, 0) is 39.2 Å². The minimum atomic E-state index is -4.83. The highest BCUT2D eigenvalue weighted by Gasteiger charge is 2.51. The van der Waals surface area contributed by atoms with E-state index in [1.807, 2.05) is 27.7 Å². The van der Waals surface area contributed by atoms with Crippen LogP contribution in [0.15, 0.2) is 18.2 Å². The fourth-order valence-electron chi connectivity index (χ4n) is 2.05. The third-order valence-electron chi connectivity index (χ3n) is 4.01. The molecule has 0 aliphatic carbocycles.